The number of ketones is 1. The van der Waals surface area contributed by atoms with Crippen LogP contribution in [0.1, 0.15) is 34.7 Å². The Morgan fingerprint density at radius 1 is 1.04 bits per heavy atom. The highest BCUT2D eigenvalue weighted by Gasteiger charge is 2.42. The second kappa shape index (κ2) is 7.01. The van der Waals surface area contributed by atoms with Gasteiger partial charge in [0.25, 0.3) is 0 Å². The van der Waals surface area contributed by atoms with Crippen LogP contribution >= 0.6 is 0 Å². The van der Waals surface area contributed by atoms with Gasteiger partial charge < -0.3 is 9.64 Å². The molecule has 0 amide bonds. The maximum Gasteiger partial charge on any atom is 0.170 e. The van der Waals surface area contributed by atoms with Crippen molar-refractivity contribution >= 4 is 5.78 Å². The summed E-state index contributed by atoms with van der Waals surface area (Å²) in [6.07, 6.45) is 2.41. The smallest absolute Gasteiger partial charge is 0.170 e. The summed E-state index contributed by atoms with van der Waals surface area (Å²) in [5.41, 5.74) is 1.84. The lowest BCUT2D eigenvalue weighted by Crippen LogP contribution is -2.50. The van der Waals surface area contributed by atoms with E-state index in [0.29, 0.717) is 11.8 Å². The molecular weight excluding hydrogens is 310 g/mol. The third-order valence-electron chi connectivity index (χ3n) is 5.95. The van der Waals surface area contributed by atoms with E-state index >= 15 is 0 Å². The summed E-state index contributed by atoms with van der Waals surface area (Å²) in [5.74, 6) is 1.92. The van der Waals surface area contributed by atoms with Gasteiger partial charge in [0.2, 0.25) is 0 Å². The first-order valence-electron chi connectivity index (χ1n) is 9.22. The molecule has 3 heteroatoms. The maximum atomic E-state index is 13.5. The molecule has 3 fully saturated rings. The Kier molecular flexibility index (Phi) is 4.58. The molecule has 25 heavy (non-hydrogen) atoms. The zero-order valence-corrected chi connectivity index (χ0v) is 14.7. The fourth-order valence-electron chi connectivity index (χ4n) is 4.66. The van der Waals surface area contributed by atoms with Gasteiger partial charge in [-0.3, -0.25) is 4.79 Å². The van der Waals surface area contributed by atoms with Gasteiger partial charge in [0.05, 0.1) is 13.0 Å². The van der Waals surface area contributed by atoms with Crippen molar-refractivity contribution in [3.8, 4) is 5.75 Å². The van der Waals surface area contributed by atoms with E-state index in [1.807, 2.05) is 48.5 Å². The Morgan fingerprint density at radius 2 is 1.72 bits per heavy atom. The summed E-state index contributed by atoms with van der Waals surface area (Å²) in [7, 11) is 1.69. The van der Waals surface area contributed by atoms with Gasteiger partial charge in [-0.05, 0) is 43.8 Å². The molecule has 0 aromatic heterocycles. The van der Waals surface area contributed by atoms with Gasteiger partial charge in [0.1, 0.15) is 5.75 Å². The van der Waals surface area contributed by atoms with Crippen LogP contribution < -0.4 is 4.74 Å². The van der Waals surface area contributed by atoms with Gasteiger partial charge in [0.15, 0.2) is 5.78 Å². The van der Waals surface area contributed by atoms with E-state index in [9.17, 15) is 4.79 Å². The Bertz CT molecular complexity index is 735. The van der Waals surface area contributed by atoms with E-state index in [1.54, 1.807) is 7.11 Å². The molecule has 2 aromatic carbocycles. The van der Waals surface area contributed by atoms with Gasteiger partial charge >= 0.3 is 0 Å². The molecule has 0 unspecified atom stereocenters. The van der Waals surface area contributed by atoms with Crippen molar-refractivity contribution in [2.45, 2.75) is 18.8 Å². The number of nitrogens with zero attached hydrogens (tertiary/aromatic N) is 1. The van der Waals surface area contributed by atoms with Gasteiger partial charge in [0, 0.05) is 17.7 Å². The number of carbonyl (C=O) groups excluding carboxylic acids is 1. The average molecular weight is 335 g/mol. The molecule has 3 aliphatic rings. The van der Waals surface area contributed by atoms with E-state index in [4.69, 9.17) is 4.74 Å². The van der Waals surface area contributed by atoms with Crippen LogP contribution in [0.25, 0.3) is 0 Å². The maximum absolute atomic E-state index is 13.5. The number of benzene rings is 2. The molecule has 130 valence electrons. The fraction of sp³-hybridized carbons (Fsp3) is 0.409. The lowest BCUT2D eigenvalue weighted by molar-refractivity contribution is 0.0343. The Morgan fingerprint density at radius 3 is 2.36 bits per heavy atom. The zero-order chi connectivity index (χ0) is 17.2. The molecule has 0 N–H and O–H groups in total. The molecule has 2 aromatic rings. The Hall–Kier alpha value is -2.13. The van der Waals surface area contributed by atoms with Crippen molar-refractivity contribution in [3.05, 3.63) is 65.7 Å². The number of para-hydroxylation sites is 1. The highest BCUT2D eigenvalue weighted by Crippen LogP contribution is 2.44. The summed E-state index contributed by atoms with van der Waals surface area (Å²) in [5, 5.41) is 0. The summed E-state index contributed by atoms with van der Waals surface area (Å²) >= 11 is 0. The van der Waals surface area contributed by atoms with Crippen LogP contribution in [0.5, 0.6) is 5.75 Å². The first-order valence-corrected chi connectivity index (χ1v) is 9.22. The van der Waals surface area contributed by atoms with Crippen molar-refractivity contribution in [2.75, 3.05) is 26.7 Å². The van der Waals surface area contributed by atoms with Crippen molar-refractivity contribution in [1.29, 1.82) is 0 Å². The molecule has 0 spiro atoms. The van der Waals surface area contributed by atoms with Crippen LogP contribution in [-0.4, -0.2) is 37.4 Å². The van der Waals surface area contributed by atoms with Crippen LogP contribution in [-0.2, 0) is 0 Å². The average Bonchev–Trinajstić information content (AvgIpc) is 2.70. The fourth-order valence-corrected chi connectivity index (χ4v) is 4.66. The van der Waals surface area contributed by atoms with E-state index in [2.05, 4.69) is 11.0 Å². The minimum atomic E-state index is -0.133. The van der Waals surface area contributed by atoms with Gasteiger partial charge in [-0.25, -0.2) is 0 Å². The van der Waals surface area contributed by atoms with Crippen LogP contribution in [0.15, 0.2) is 54.6 Å². The molecule has 3 heterocycles. The molecule has 0 radical (unpaired) electrons. The minimum absolute atomic E-state index is 0.133. The highest BCUT2D eigenvalue weighted by atomic mass is 16.5. The standard InChI is InChI=1S/C22H25NO2/c1-25-20-10-6-5-9-18(20)21(22(24)17-7-3-2-4-8-17)19-15-23-13-11-16(19)12-14-23/h2-10,16,19,21H,11-15H2,1H3/t19-,21+/m0/s1. The number of carbonyl (C=O) groups is 1. The van der Waals surface area contributed by atoms with E-state index in [-0.39, 0.29) is 11.7 Å². The van der Waals surface area contributed by atoms with Crippen LogP contribution in [0.3, 0.4) is 0 Å². The molecular formula is C22H25NO2. The number of Topliss-reactive ketones (excluding diaryl/α,β-unsaturated/α-hetero) is 1. The summed E-state index contributed by atoms with van der Waals surface area (Å²) < 4.78 is 5.62. The number of fused-ring (bicyclic) bond motifs is 3. The third kappa shape index (κ3) is 3.09. The predicted octanol–water partition coefficient (Wildman–Crippen LogP) is 4.00. The number of rotatable bonds is 5. The van der Waals surface area contributed by atoms with Crippen LogP contribution in [0, 0.1) is 11.8 Å². The number of methoxy groups -OCH3 is 1. The number of hydrogen-bond donors (Lipinski definition) is 0. The largest absolute Gasteiger partial charge is 0.496 e. The predicted molar refractivity (Wildman–Crippen MR) is 99.2 cm³/mol. The second-order valence-corrected chi connectivity index (χ2v) is 7.25. The molecule has 3 saturated heterocycles. The van der Waals surface area contributed by atoms with Crippen molar-refractivity contribution < 1.29 is 9.53 Å². The Balaban J connectivity index is 1.77. The normalized spacial score (nSPS) is 26.2. The minimum Gasteiger partial charge on any atom is -0.496 e. The zero-order valence-electron chi connectivity index (χ0n) is 14.7. The summed E-state index contributed by atoms with van der Waals surface area (Å²) in [6, 6.07) is 17.8. The van der Waals surface area contributed by atoms with Crippen molar-refractivity contribution in [2.24, 2.45) is 11.8 Å². The third-order valence-corrected chi connectivity index (χ3v) is 5.95. The molecule has 3 nitrogen and oxygen atoms in total. The number of ether oxygens (including phenoxy) is 1. The lowest BCUT2D eigenvalue weighted by Gasteiger charge is -2.47. The first-order chi connectivity index (χ1) is 12.3. The van der Waals surface area contributed by atoms with E-state index in [1.165, 1.54) is 25.9 Å². The van der Waals surface area contributed by atoms with Crippen molar-refractivity contribution in [3.63, 3.8) is 0 Å². The first kappa shape index (κ1) is 16.3. The molecule has 0 saturated carbocycles. The van der Waals surface area contributed by atoms with E-state index in [0.717, 1.165) is 23.4 Å². The highest BCUT2D eigenvalue weighted by molar-refractivity contribution is 6.01. The summed E-state index contributed by atoms with van der Waals surface area (Å²) in [6.45, 7) is 3.38. The molecule has 2 bridgehead atoms. The summed E-state index contributed by atoms with van der Waals surface area (Å²) in [4.78, 5) is 16.0. The lowest BCUT2D eigenvalue weighted by atomic mass is 9.68. The van der Waals surface area contributed by atoms with Gasteiger partial charge in [-0.15, -0.1) is 0 Å². The number of piperidine rings is 3. The quantitative estimate of drug-likeness (QED) is 0.774. The van der Waals surface area contributed by atoms with E-state index < -0.39 is 0 Å². The second-order valence-electron chi connectivity index (χ2n) is 7.25. The Labute approximate surface area is 149 Å². The topological polar surface area (TPSA) is 29.5 Å². The number of hydrogen-bond acceptors (Lipinski definition) is 3. The molecule has 3 aliphatic heterocycles. The molecule has 2 atom stereocenters. The van der Waals surface area contributed by atoms with Gasteiger partial charge in [-0.1, -0.05) is 48.5 Å². The monoisotopic (exact) mass is 335 g/mol. The van der Waals surface area contributed by atoms with Crippen LogP contribution in [0.2, 0.25) is 0 Å². The van der Waals surface area contributed by atoms with Crippen molar-refractivity contribution in [1.82, 2.24) is 4.90 Å². The SMILES string of the molecule is COc1ccccc1[C@@H](C(=O)c1ccccc1)[C@H]1CN2CCC1CC2. The van der Waals surface area contributed by atoms with Gasteiger partial charge in [-0.2, -0.15) is 0 Å². The molecule has 5 rings (SSSR count). The molecule has 0 aliphatic carbocycles. The van der Waals surface area contributed by atoms with Crippen LogP contribution in [0.4, 0.5) is 0 Å².